The molecule has 5 heteroatoms. The van der Waals surface area contributed by atoms with Gasteiger partial charge in [-0.15, -0.1) is 0 Å². The van der Waals surface area contributed by atoms with Crippen molar-refractivity contribution in [1.82, 2.24) is 0 Å². The number of rotatable bonds is 0. The second kappa shape index (κ2) is 3.67. The van der Waals surface area contributed by atoms with Crippen LogP contribution in [0.2, 0.25) is 0 Å². The van der Waals surface area contributed by atoms with Gasteiger partial charge in [-0.2, -0.15) is 0 Å². The van der Waals surface area contributed by atoms with Gasteiger partial charge in [0.15, 0.2) is 11.6 Å². The Hall–Kier alpha value is -0.200. The maximum atomic E-state index is 10.6. The van der Waals surface area contributed by atoms with Crippen LogP contribution in [-0.2, 0) is 18.9 Å². The van der Waals surface area contributed by atoms with Crippen LogP contribution in [0.1, 0.15) is 40.5 Å². The predicted octanol–water partition coefficient (Wildman–Crippen LogP) is 1.18. The molecule has 3 fully saturated rings. The van der Waals surface area contributed by atoms with Crippen LogP contribution in [0.4, 0.5) is 0 Å². The van der Waals surface area contributed by atoms with E-state index < -0.39 is 23.3 Å². The molecule has 3 unspecified atom stereocenters. The quantitative estimate of drug-likeness (QED) is 0.707. The average molecular weight is 258 g/mol. The number of ether oxygens (including phenoxy) is 4. The van der Waals surface area contributed by atoms with Crippen LogP contribution in [0.25, 0.3) is 0 Å². The first-order valence-corrected chi connectivity index (χ1v) is 6.61. The molecule has 3 rings (SSSR count). The van der Waals surface area contributed by atoms with Crippen LogP contribution in [0.3, 0.4) is 0 Å². The molecule has 3 aliphatic rings. The van der Waals surface area contributed by atoms with Crippen LogP contribution in [0, 0.1) is 0 Å². The predicted molar refractivity (Wildman–Crippen MR) is 62.9 cm³/mol. The molecule has 0 aromatic carbocycles. The van der Waals surface area contributed by atoms with Crippen molar-refractivity contribution in [2.75, 3.05) is 6.61 Å². The van der Waals surface area contributed by atoms with Crippen molar-refractivity contribution in [3.05, 3.63) is 0 Å². The molecule has 1 N–H and O–H groups in total. The van der Waals surface area contributed by atoms with Gasteiger partial charge in [0.1, 0.15) is 17.8 Å². The van der Waals surface area contributed by atoms with Gasteiger partial charge in [-0.3, -0.25) is 0 Å². The van der Waals surface area contributed by atoms with E-state index in [2.05, 4.69) is 0 Å². The Kier molecular flexibility index (Phi) is 2.61. The molecule has 0 bridgehead atoms. The summed E-state index contributed by atoms with van der Waals surface area (Å²) in [5, 5.41) is 10.6. The molecule has 2 saturated heterocycles. The van der Waals surface area contributed by atoms with Gasteiger partial charge >= 0.3 is 0 Å². The fraction of sp³-hybridized carbons (Fsp3) is 1.00. The summed E-state index contributed by atoms with van der Waals surface area (Å²) in [6, 6.07) is 0. The molecule has 2 heterocycles. The number of hydrogen-bond donors (Lipinski definition) is 1. The van der Waals surface area contributed by atoms with E-state index in [9.17, 15) is 5.11 Å². The second-order valence-electron chi connectivity index (χ2n) is 6.48. The summed E-state index contributed by atoms with van der Waals surface area (Å²) in [7, 11) is 0. The molecule has 1 spiro atoms. The Morgan fingerprint density at radius 1 is 1.06 bits per heavy atom. The van der Waals surface area contributed by atoms with Crippen LogP contribution < -0.4 is 0 Å². The largest absolute Gasteiger partial charge is 0.387 e. The Morgan fingerprint density at radius 2 is 1.78 bits per heavy atom. The van der Waals surface area contributed by atoms with Crippen molar-refractivity contribution < 1.29 is 24.1 Å². The third-order valence-corrected chi connectivity index (χ3v) is 4.04. The van der Waals surface area contributed by atoms with Gasteiger partial charge < -0.3 is 24.1 Å². The van der Waals surface area contributed by atoms with Crippen LogP contribution in [-0.4, -0.2) is 47.2 Å². The Labute approximate surface area is 107 Å². The van der Waals surface area contributed by atoms with E-state index in [4.69, 9.17) is 18.9 Å². The zero-order valence-corrected chi connectivity index (χ0v) is 11.4. The van der Waals surface area contributed by atoms with Crippen molar-refractivity contribution in [2.45, 2.75) is 76.0 Å². The summed E-state index contributed by atoms with van der Waals surface area (Å²) in [6.07, 6.45) is 0.474. The van der Waals surface area contributed by atoms with E-state index in [0.29, 0.717) is 6.61 Å². The van der Waals surface area contributed by atoms with E-state index in [1.165, 1.54) is 0 Å². The van der Waals surface area contributed by atoms with Gasteiger partial charge in [-0.05, 0) is 40.5 Å². The minimum Gasteiger partial charge on any atom is -0.387 e. The number of hydrogen-bond acceptors (Lipinski definition) is 5. The van der Waals surface area contributed by atoms with Crippen molar-refractivity contribution in [1.29, 1.82) is 0 Å². The Balaban J connectivity index is 1.82. The van der Waals surface area contributed by atoms with Crippen molar-refractivity contribution in [3.63, 3.8) is 0 Å². The van der Waals surface area contributed by atoms with Crippen molar-refractivity contribution >= 4 is 0 Å². The monoisotopic (exact) mass is 258 g/mol. The van der Waals surface area contributed by atoms with Gasteiger partial charge in [0, 0.05) is 0 Å². The van der Waals surface area contributed by atoms with Crippen molar-refractivity contribution in [3.8, 4) is 0 Å². The van der Waals surface area contributed by atoms with Crippen molar-refractivity contribution in [2.24, 2.45) is 0 Å². The molecule has 0 radical (unpaired) electrons. The van der Waals surface area contributed by atoms with E-state index in [1.54, 1.807) is 0 Å². The van der Waals surface area contributed by atoms with Gasteiger partial charge in [-0.25, -0.2) is 0 Å². The molecule has 5 nitrogen and oxygen atoms in total. The lowest BCUT2D eigenvalue weighted by Crippen LogP contribution is -2.58. The van der Waals surface area contributed by atoms with Crippen LogP contribution >= 0.6 is 0 Å². The molecular formula is C13H22O5. The summed E-state index contributed by atoms with van der Waals surface area (Å²) in [5.41, 5.74) is -0.644. The number of aliphatic hydroxyl groups excluding tert-OH is 1. The molecule has 0 aromatic heterocycles. The minimum absolute atomic E-state index is 0.0482. The Morgan fingerprint density at radius 3 is 2.39 bits per heavy atom. The average Bonchev–Trinajstić information content (AvgIpc) is 2.71. The fourth-order valence-electron chi connectivity index (χ4n) is 3.30. The third-order valence-electron chi connectivity index (χ3n) is 4.04. The zero-order valence-electron chi connectivity index (χ0n) is 11.4. The molecule has 4 atom stereocenters. The highest BCUT2D eigenvalue weighted by Gasteiger charge is 2.60. The van der Waals surface area contributed by atoms with E-state index in [0.717, 1.165) is 12.8 Å². The fourth-order valence-corrected chi connectivity index (χ4v) is 3.30. The summed E-state index contributed by atoms with van der Waals surface area (Å²) < 4.78 is 23.2. The Bertz CT molecular complexity index is 351. The summed E-state index contributed by atoms with van der Waals surface area (Å²) >= 11 is 0. The number of fused-ring (bicyclic) bond motifs is 1. The van der Waals surface area contributed by atoms with E-state index in [-0.39, 0.29) is 12.2 Å². The molecule has 0 amide bonds. The highest BCUT2D eigenvalue weighted by Crippen LogP contribution is 2.46. The highest BCUT2D eigenvalue weighted by molar-refractivity contribution is 5.06. The normalized spacial score (nSPS) is 49.5. The van der Waals surface area contributed by atoms with E-state index in [1.807, 2.05) is 27.7 Å². The first kappa shape index (κ1) is 12.8. The molecule has 1 aliphatic carbocycles. The lowest BCUT2D eigenvalue weighted by Gasteiger charge is -2.41. The minimum atomic E-state index is -0.709. The summed E-state index contributed by atoms with van der Waals surface area (Å²) in [6.45, 7) is 7.91. The maximum Gasteiger partial charge on any atom is 0.163 e. The smallest absolute Gasteiger partial charge is 0.163 e. The molecular weight excluding hydrogens is 236 g/mol. The van der Waals surface area contributed by atoms with Gasteiger partial charge in [0.05, 0.1) is 12.7 Å². The molecule has 0 aromatic rings. The molecule has 18 heavy (non-hydrogen) atoms. The summed E-state index contributed by atoms with van der Waals surface area (Å²) in [4.78, 5) is 0. The standard InChI is InChI=1S/C13H22O5/c1-11(2)15-7-13(18-11)6-5-8-9(10(13)14)17-12(3,4)16-8/h8-10,14H,5-7H2,1-4H3/t8?,9?,10-,13?/m0/s1. The van der Waals surface area contributed by atoms with Crippen LogP contribution in [0.5, 0.6) is 0 Å². The lowest BCUT2D eigenvalue weighted by atomic mass is 9.79. The maximum absolute atomic E-state index is 10.6. The first-order chi connectivity index (χ1) is 8.23. The molecule has 1 saturated carbocycles. The molecule has 2 aliphatic heterocycles. The zero-order chi connectivity index (χ0) is 13.2. The SMILES string of the molecule is CC1(C)OC2CCC3(COC(C)(C)O3)[C@@H](O)C2O1. The second-order valence-corrected chi connectivity index (χ2v) is 6.48. The highest BCUT2D eigenvalue weighted by atomic mass is 16.8. The topological polar surface area (TPSA) is 57.2 Å². The van der Waals surface area contributed by atoms with Gasteiger partial charge in [0.25, 0.3) is 0 Å². The summed E-state index contributed by atoms with van der Waals surface area (Å²) in [5.74, 6) is -1.26. The van der Waals surface area contributed by atoms with Gasteiger partial charge in [-0.1, -0.05) is 0 Å². The number of aliphatic hydroxyl groups is 1. The third kappa shape index (κ3) is 1.89. The molecule has 104 valence electrons. The first-order valence-electron chi connectivity index (χ1n) is 6.61. The van der Waals surface area contributed by atoms with Crippen LogP contribution in [0.15, 0.2) is 0 Å². The lowest BCUT2D eigenvalue weighted by molar-refractivity contribution is -0.217. The van der Waals surface area contributed by atoms with E-state index >= 15 is 0 Å². The van der Waals surface area contributed by atoms with Gasteiger partial charge in [0.2, 0.25) is 0 Å².